The molecule has 94 valence electrons. The van der Waals surface area contributed by atoms with Gasteiger partial charge in [0, 0.05) is 11.1 Å². The fourth-order valence-electron chi connectivity index (χ4n) is 2.56. The topological polar surface area (TPSA) is 35.2 Å². The number of halogens is 2. The van der Waals surface area contributed by atoms with Crippen molar-refractivity contribution in [3.8, 4) is 5.75 Å². The number of rotatable bonds is 2. The minimum absolute atomic E-state index is 0.110. The number of nitrogens with two attached hydrogens (primary N) is 1. The van der Waals surface area contributed by atoms with Crippen LogP contribution in [0.25, 0.3) is 0 Å². The lowest BCUT2D eigenvalue weighted by Gasteiger charge is -2.26. The van der Waals surface area contributed by atoms with Crippen molar-refractivity contribution in [3.05, 3.63) is 28.0 Å². The van der Waals surface area contributed by atoms with E-state index in [2.05, 4.69) is 0 Å². The summed E-state index contributed by atoms with van der Waals surface area (Å²) in [5, 5.41) is 0.329. The molecule has 0 aromatic heterocycles. The standard InChI is InChI=1S/C13H17ClFNO/c1-8-7-9(13(16)5-3-4-6-13)11(15)12(17-2)10(8)14/h7H,3-6,16H2,1-2H3. The van der Waals surface area contributed by atoms with E-state index in [4.69, 9.17) is 22.1 Å². The number of hydrogen-bond acceptors (Lipinski definition) is 2. The molecule has 1 aliphatic rings. The highest BCUT2D eigenvalue weighted by molar-refractivity contribution is 6.32. The molecule has 1 aromatic rings. The molecule has 1 fully saturated rings. The van der Waals surface area contributed by atoms with E-state index in [1.54, 1.807) is 6.07 Å². The molecular formula is C13H17ClFNO. The first-order chi connectivity index (χ1) is 7.99. The second-order valence-electron chi connectivity index (χ2n) is 4.77. The Balaban J connectivity index is 2.58. The molecule has 0 aliphatic heterocycles. The average molecular weight is 258 g/mol. The molecule has 1 saturated carbocycles. The van der Waals surface area contributed by atoms with Gasteiger partial charge < -0.3 is 10.5 Å². The van der Waals surface area contributed by atoms with Gasteiger partial charge in [0.05, 0.1) is 12.1 Å². The van der Waals surface area contributed by atoms with Crippen LogP contribution in [0, 0.1) is 12.7 Å². The number of hydrogen-bond donors (Lipinski definition) is 1. The highest BCUT2D eigenvalue weighted by Crippen LogP contribution is 2.42. The van der Waals surface area contributed by atoms with Gasteiger partial charge in [-0.1, -0.05) is 24.4 Å². The van der Waals surface area contributed by atoms with Gasteiger partial charge in [-0.25, -0.2) is 4.39 Å². The molecule has 0 radical (unpaired) electrons. The van der Waals surface area contributed by atoms with Crippen molar-refractivity contribution < 1.29 is 9.13 Å². The first kappa shape index (κ1) is 12.7. The fourth-order valence-corrected chi connectivity index (χ4v) is 2.77. The maximum absolute atomic E-state index is 14.3. The Morgan fingerprint density at radius 3 is 2.53 bits per heavy atom. The van der Waals surface area contributed by atoms with Crippen molar-refractivity contribution in [2.75, 3.05) is 7.11 Å². The molecule has 2 N–H and O–H groups in total. The monoisotopic (exact) mass is 257 g/mol. The second-order valence-corrected chi connectivity index (χ2v) is 5.14. The van der Waals surface area contributed by atoms with Crippen LogP contribution in [0.15, 0.2) is 6.07 Å². The molecule has 1 aromatic carbocycles. The number of ether oxygens (including phenoxy) is 1. The second kappa shape index (κ2) is 4.46. The summed E-state index contributed by atoms with van der Waals surface area (Å²) in [6.07, 6.45) is 3.71. The van der Waals surface area contributed by atoms with E-state index in [-0.39, 0.29) is 5.75 Å². The Bertz CT molecular complexity index is 442. The van der Waals surface area contributed by atoms with Crippen LogP contribution < -0.4 is 10.5 Å². The first-order valence-electron chi connectivity index (χ1n) is 5.81. The molecule has 2 rings (SSSR count). The first-order valence-corrected chi connectivity index (χ1v) is 6.19. The van der Waals surface area contributed by atoms with Gasteiger partial charge in [-0.3, -0.25) is 0 Å². The molecule has 0 saturated heterocycles. The van der Waals surface area contributed by atoms with Gasteiger partial charge >= 0.3 is 0 Å². The minimum Gasteiger partial charge on any atom is -0.492 e. The molecule has 2 nitrogen and oxygen atoms in total. The largest absolute Gasteiger partial charge is 0.492 e. The van der Waals surface area contributed by atoms with Crippen LogP contribution in [-0.2, 0) is 5.54 Å². The molecule has 0 bridgehead atoms. The third-order valence-corrected chi connectivity index (χ3v) is 4.05. The van der Waals surface area contributed by atoms with Gasteiger partial charge in [0.15, 0.2) is 11.6 Å². The van der Waals surface area contributed by atoms with E-state index in [1.807, 2.05) is 6.92 Å². The Labute approximate surface area is 106 Å². The van der Waals surface area contributed by atoms with Crippen LogP contribution >= 0.6 is 11.6 Å². The molecule has 0 heterocycles. The summed E-state index contributed by atoms with van der Waals surface area (Å²) in [6, 6.07) is 1.76. The predicted octanol–water partition coefficient (Wildman–Crippen LogP) is 3.52. The van der Waals surface area contributed by atoms with Crippen LogP contribution in [0.1, 0.15) is 36.8 Å². The van der Waals surface area contributed by atoms with Crippen LogP contribution in [0.3, 0.4) is 0 Å². The molecule has 0 unspecified atom stereocenters. The lowest BCUT2D eigenvalue weighted by atomic mass is 9.87. The molecule has 1 aliphatic carbocycles. The van der Waals surface area contributed by atoms with E-state index in [0.717, 1.165) is 31.2 Å². The molecule has 17 heavy (non-hydrogen) atoms. The van der Waals surface area contributed by atoms with E-state index in [1.165, 1.54) is 7.11 Å². The van der Waals surface area contributed by atoms with E-state index >= 15 is 0 Å². The molecule has 0 atom stereocenters. The summed E-state index contributed by atoms with van der Waals surface area (Å²) in [6.45, 7) is 1.84. The Hall–Kier alpha value is -0.800. The van der Waals surface area contributed by atoms with Gasteiger partial charge in [-0.2, -0.15) is 0 Å². The lowest BCUT2D eigenvalue weighted by molar-refractivity contribution is 0.368. The summed E-state index contributed by atoms with van der Waals surface area (Å²) in [5.74, 6) is -0.300. The smallest absolute Gasteiger partial charge is 0.173 e. The molecule has 0 amide bonds. The minimum atomic E-state index is -0.563. The van der Waals surface area contributed by atoms with Crippen LogP contribution in [0.2, 0.25) is 5.02 Å². The third kappa shape index (κ3) is 2.02. The highest BCUT2D eigenvalue weighted by Gasteiger charge is 2.35. The zero-order valence-corrected chi connectivity index (χ0v) is 10.9. The maximum Gasteiger partial charge on any atom is 0.173 e. The summed E-state index contributed by atoms with van der Waals surface area (Å²) in [4.78, 5) is 0. The van der Waals surface area contributed by atoms with Crippen LogP contribution in [-0.4, -0.2) is 7.11 Å². The zero-order valence-electron chi connectivity index (χ0n) is 10.1. The van der Waals surface area contributed by atoms with Crippen molar-refractivity contribution in [2.45, 2.75) is 38.1 Å². The maximum atomic E-state index is 14.3. The Morgan fingerprint density at radius 2 is 2.00 bits per heavy atom. The van der Waals surface area contributed by atoms with Crippen molar-refractivity contribution in [1.29, 1.82) is 0 Å². The summed E-state index contributed by atoms with van der Waals surface area (Å²) in [7, 11) is 1.42. The quantitative estimate of drug-likeness (QED) is 0.880. The van der Waals surface area contributed by atoms with Crippen LogP contribution in [0.4, 0.5) is 4.39 Å². The normalized spacial score (nSPS) is 18.4. The van der Waals surface area contributed by atoms with E-state index < -0.39 is 11.4 Å². The summed E-state index contributed by atoms with van der Waals surface area (Å²) < 4.78 is 19.4. The van der Waals surface area contributed by atoms with Crippen LogP contribution in [0.5, 0.6) is 5.75 Å². The number of methoxy groups -OCH3 is 1. The highest BCUT2D eigenvalue weighted by atomic mass is 35.5. The van der Waals surface area contributed by atoms with Gasteiger partial charge in [0.25, 0.3) is 0 Å². The lowest BCUT2D eigenvalue weighted by Crippen LogP contribution is -2.34. The van der Waals surface area contributed by atoms with Gasteiger partial charge in [-0.15, -0.1) is 0 Å². The average Bonchev–Trinajstić information content (AvgIpc) is 2.72. The summed E-state index contributed by atoms with van der Waals surface area (Å²) >= 11 is 6.02. The van der Waals surface area contributed by atoms with Crippen molar-refractivity contribution in [2.24, 2.45) is 5.73 Å². The SMILES string of the molecule is COc1c(F)c(C2(N)CCCC2)cc(C)c1Cl. The number of benzene rings is 1. The zero-order chi connectivity index (χ0) is 12.6. The van der Waals surface area contributed by atoms with Crippen molar-refractivity contribution >= 4 is 11.6 Å². The van der Waals surface area contributed by atoms with Crippen molar-refractivity contribution in [1.82, 2.24) is 0 Å². The van der Waals surface area contributed by atoms with Gasteiger partial charge in [0.2, 0.25) is 0 Å². The number of aryl methyl sites for hydroxylation is 1. The van der Waals surface area contributed by atoms with Gasteiger partial charge in [0.1, 0.15) is 0 Å². The molecule has 0 spiro atoms. The van der Waals surface area contributed by atoms with Gasteiger partial charge in [-0.05, 0) is 31.4 Å². The third-order valence-electron chi connectivity index (χ3n) is 3.58. The molecule has 4 heteroatoms. The fraction of sp³-hybridized carbons (Fsp3) is 0.538. The van der Waals surface area contributed by atoms with E-state index in [9.17, 15) is 4.39 Å². The predicted molar refractivity (Wildman–Crippen MR) is 67.0 cm³/mol. The van der Waals surface area contributed by atoms with E-state index in [0.29, 0.717) is 10.6 Å². The van der Waals surface area contributed by atoms with Crippen molar-refractivity contribution in [3.63, 3.8) is 0 Å². The Kier molecular flexibility index (Phi) is 3.32. The Morgan fingerprint density at radius 1 is 1.41 bits per heavy atom. The summed E-state index contributed by atoms with van der Waals surface area (Å²) in [5.41, 5.74) is 7.06. The molecular weight excluding hydrogens is 241 g/mol.